The molecular formula is C34H68N2O2S2. The Hall–Kier alpha value is -0.330. The lowest BCUT2D eigenvalue weighted by Gasteiger charge is -2.05. The van der Waals surface area contributed by atoms with E-state index in [0.717, 1.165) is 19.4 Å². The largest absolute Gasteiger partial charge is 0.371 e. The number of thiol groups is 1. The van der Waals surface area contributed by atoms with Crippen LogP contribution in [-0.2, 0) is 4.79 Å². The van der Waals surface area contributed by atoms with E-state index in [-0.39, 0.29) is 5.91 Å². The Balaban J connectivity index is 3.05. The molecule has 40 heavy (non-hydrogen) atoms. The number of hydrogen-bond acceptors (Lipinski definition) is 3. The molecule has 0 spiro atoms. The topological polar surface area (TPSA) is 61.4 Å². The van der Waals surface area contributed by atoms with Gasteiger partial charge < -0.3 is 5.32 Å². The molecule has 238 valence electrons. The summed E-state index contributed by atoms with van der Waals surface area (Å²) in [6.07, 6.45) is 41.7. The van der Waals surface area contributed by atoms with Crippen molar-refractivity contribution in [3.8, 4) is 0 Å². The van der Waals surface area contributed by atoms with Gasteiger partial charge in [-0.15, -0.1) is 12.6 Å². The minimum Gasteiger partial charge on any atom is -0.371 e. The maximum atomic E-state index is 10.9. The molecule has 6 heteroatoms. The Bertz CT molecular complexity index is 534. The Labute approximate surface area is 260 Å². The lowest BCUT2D eigenvalue weighted by Crippen LogP contribution is -2.17. The second kappa shape index (κ2) is 34.9. The molecule has 0 aromatic rings. The van der Waals surface area contributed by atoms with E-state index in [9.17, 15) is 4.79 Å². The molecule has 0 rings (SSSR count). The lowest BCUT2D eigenvalue weighted by molar-refractivity contribution is -0.129. The average molecular weight is 601 g/mol. The SMILES string of the molecule is O=C(CCCCCCCCCCCCCCCCCCCCCCCCCCCCCCCCNC(=S)S)NO. The highest BCUT2D eigenvalue weighted by Crippen LogP contribution is 2.16. The van der Waals surface area contributed by atoms with Gasteiger partial charge in [0.05, 0.1) is 0 Å². The van der Waals surface area contributed by atoms with E-state index < -0.39 is 0 Å². The number of hydrogen-bond donors (Lipinski definition) is 4. The van der Waals surface area contributed by atoms with Crippen molar-refractivity contribution in [3.05, 3.63) is 0 Å². The van der Waals surface area contributed by atoms with Gasteiger partial charge in [0, 0.05) is 13.0 Å². The molecule has 0 saturated carbocycles. The van der Waals surface area contributed by atoms with E-state index in [0.29, 0.717) is 10.7 Å². The van der Waals surface area contributed by atoms with Gasteiger partial charge in [-0.3, -0.25) is 10.0 Å². The first kappa shape index (κ1) is 39.7. The maximum Gasteiger partial charge on any atom is 0.243 e. The van der Waals surface area contributed by atoms with Crippen LogP contribution in [0, 0.1) is 0 Å². The van der Waals surface area contributed by atoms with Gasteiger partial charge in [-0.2, -0.15) is 0 Å². The number of amides is 1. The fourth-order valence-electron chi connectivity index (χ4n) is 5.61. The van der Waals surface area contributed by atoms with Crippen LogP contribution in [0.15, 0.2) is 0 Å². The molecule has 4 nitrogen and oxygen atoms in total. The monoisotopic (exact) mass is 600 g/mol. The normalized spacial score (nSPS) is 11.2. The quantitative estimate of drug-likeness (QED) is 0.0199. The molecule has 0 aliphatic heterocycles. The predicted octanol–water partition coefficient (Wildman–Crippen LogP) is 11.4. The molecule has 0 aromatic carbocycles. The van der Waals surface area contributed by atoms with Gasteiger partial charge in [0.1, 0.15) is 4.32 Å². The summed E-state index contributed by atoms with van der Waals surface area (Å²) in [6, 6.07) is 0. The third-order valence-corrected chi connectivity index (χ3v) is 8.53. The van der Waals surface area contributed by atoms with Crippen molar-refractivity contribution in [1.29, 1.82) is 0 Å². The first-order chi connectivity index (χ1) is 19.7. The van der Waals surface area contributed by atoms with Crippen LogP contribution in [-0.4, -0.2) is 22.0 Å². The number of carbonyl (C=O) groups excluding carboxylic acids is 1. The second-order valence-electron chi connectivity index (χ2n) is 12.1. The van der Waals surface area contributed by atoms with Crippen LogP contribution >= 0.6 is 24.8 Å². The minimum atomic E-state index is -0.257. The van der Waals surface area contributed by atoms with E-state index in [1.165, 1.54) is 180 Å². The molecule has 0 unspecified atom stereocenters. The maximum absolute atomic E-state index is 10.9. The van der Waals surface area contributed by atoms with Crippen LogP contribution in [0.2, 0.25) is 0 Å². The smallest absolute Gasteiger partial charge is 0.243 e. The van der Waals surface area contributed by atoms with Crippen molar-refractivity contribution in [1.82, 2.24) is 10.8 Å². The van der Waals surface area contributed by atoms with Crippen molar-refractivity contribution in [2.45, 2.75) is 199 Å². The van der Waals surface area contributed by atoms with Crippen molar-refractivity contribution < 1.29 is 10.0 Å². The van der Waals surface area contributed by atoms with Gasteiger partial charge in [-0.25, -0.2) is 5.48 Å². The molecule has 0 fully saturated rings. The molecule has 0 bridgehead atoms. The summed E-state index contributed by atoms with van der Waals surface area (Å²) >= 11 is 8.98. The first-order valence-electron chi connectivity index (χ1n) is 17.6. The Morgan fingerprint density at radius 2 is 0.675 bits per heavy atom. The molecule has 0 aliphatic rings. The molecule has 0 heterocycles. The number of hydroxylamine groups is 1. The number of unbranched alkanes of at least 4 members (excludes halogenated alkanes) is 29. The van der Waals surface area contributed by atoms with Crippen LogP contribution in [0.25, 0.3) is 0 Å². The van der Waals surface area contributed by atoms with Gasteiger partial charge in [-0.05, 0) is 12.8 Å². The van der Waals surface area contributed by atoms with E-state index in [2.05, 4.69) is 17.9 Å². The van der Waals surface area contributed by atoms with E-state index in [1.807, 2.05) is 0 Å². The molecule has 0 atom stereocenters. The molecule has 0 aromatic heterocycles. The summed E-state index contributed by atoms with van der Waals surface area (Å²) < 4.78 is 0.623. The third kappa shape index (κ3) is 35.7. The van der Waals surface area contributed by atoms with Crippen molar-refractivity contribution >= 4 is 35.1 Å². The zero-order valence-electron chi connectivity index (χ0n) is 26.3. The highest BCUT2D eigenvalue weighted by molar-refractivity contribution is 8.11. The minimum absolute atomic E-state index is 0.257. The second-order valence-corrected chi connectivity index (χ2v) is 13.3. The molecular weight excluding hydrogens is 533 g/mol. The summed E-state index contributed by atoms with van der Waals surface area (Å²) in [5.74, 6) is -0.257. The number of nitrogens with one attached hydrogen (secondary N) is 2. The Kier molecular flexibility index (Phi) is 34.6. The predicted molar refractivity (Wildman–Crippen MR) is 183 cm³/mol. The molecule has 0 saturated heterocycles. The zero-order chi connectivity index (χ0) is 29.2. The van der Waals surface area contributed by atoms with Crippen LogP contribution in [0.3, 0.4) is 0 Å². The number of carbonyl (C=O) groups is 1. The molecule has 3 N–H and O–H groups in total. The highest BCUT2D eigenvalue weighted by Gasteiger charge is 1.99. The van der Waals surface area contributed by atoms with E-state index in [4.69, 9.17) is 17.4 Å². The molecule has 1 amide bonds. The third-order valence-electron chi connectivity index (χ3n) is 8.23. The standard InChI is InChI=1S/C34H68N2O2S2/c37-33(36-38)31-29-27-25-23-21-19-17-15-13-11-9-7-5-3-1-2-4-6-8-10-12-14-16-18-20-22-24-26-28-30-32-35-34(39)40/h38H,1-32H2,(H,36,37)(H2,35,39,40). The summed E-state index contributed by atoms with van der Waals surface area (Å²) in [6.45, 7) is 0.979. The first-order valence-corrected chi connectivity index (χ1v) is 18.4. The van der Waals surface area contributed by atoms with Gasteiger partial charge in [0.25, 0.3) is 0 Å². The van der Waals surface area contributed by atoms with Crippen LogP contribution < -0.4 is 10.8 Å². The van der Waals surface area contributed by atoms with Crippen LogP contribution in [0.1, 0.15) is 199 Å². The summed E-state index contributed by atoms with van der Waals surface area (Å²) in [7, 11) is 0. The zero-order valence-corrected chi connectivity index (χ0v) is 28.0. The van der Waals surface area contributed by atoms with Gasteiger partial charge >= 0.3 is 0 Å². The Morgan fingerprint density at radius 1 is 0.450 bits per heavy atom. The van der Waals surface area contributed by atoms with Crippen molar-refractivity contribution in [2.75, 3.05) is 6.54 Å². The molecule has 0 aliphatic carbocycles. The average Bonchev–Trinajstić information content (AvgIpc) is 2.95. The summed E-state index contributed by atoms with van der Waals surface area (Å²) in [4.78, 5) is 10.9. The van der Waals surface area contributed by atoms with E-state index in [1.54, 1.807) is 5.48 Å². The van der Waals surface area contributed by atoms with Crippen molar-refractivity contribution in [3.63, 3.8) is 0 Å². The van der Waals surface area contributed by atoms with Crippen molar-refractivity contribution in [2.24, 2.45) is 0 Å². The fourth-order valence-corrected chi connectivity index (χ4v) is 5.83. The van der Waals surface area contributed by atoms with E-state index >= 15 is 0 Å². The number of rotatable bonds is 33. The molecule has 0 radical (unpaired) electrons. The van der Waals surface area contributed by atoms with Gasteiger partial charge in [-0.1, -0.05) is 192 Å². The Morgan fingerprint density at radius 3 is 0.900 bits per heavy atom. The number of thiocarbonyl (C=S) groups is 1. The van der Waals surface area contributed by atoms with Crippen LogP contribution in [0.4, 0.5) is 0 Å². The van der Waals surface area contributed by atoms with Crippen LogP contribution in [0.5, 0.6) is 0 Å². The highest BCUT2D eigenvalue weighted by atomic mass is 32.1. The van der Waals surface area contributed by atoms with Gasteiger partial charge in [0.15, 0.2) is 0 Å². The lowest BCUT2D eigenvalue weighted by atomic mass is 10.0. The van der Waals surface area contributed by atoms with Gasteiger partial charge in [0.2, 0.25) is 5.91 Å². The summed E-state index contributed by atoms with van der Waals surface area (Å²) in [5, 5.41) is 11.6. The fraction of sp³-hybridized carbons (Fsp3) is 0.941. The summed E-state index contributed by atoms with van der Waals surface area (Å²) in [5.41, 5.74) is 1.70.